The molecule has 1 aromatic rings. The minimum Gasteiger partial charge on any atom is -0.480 e. The molecule has 100 valence electrons. The molecule has 1 aromatic carbocycles. The van der Waals surface area contributed by atoms with Gasteiger partial charge in [-0.05, 0) is 12.0 Å². The van der Waals surface area contributed by atoms with E-state index in [9.17, 15) is 9.90 Å². The van der Waals surface area contributed by atoms with Crippen molar-refractivity contribution >= 4 is 53.8 Å². The zero-order chi connectivity index (χ0) is 13.9. The van der Waals surface area contributed by atoms with Crippen molar-refractivity contribution in [1.29, 1.82) is 0 Å². The molecular weight excluding hydrogens is 440 g/mol. The zero-order valence-corrected chi connectivity index (χ0v) is 14.6. The number of hydrogen-bond acceptors (Lipinski definition) is 1. The Morgan fingerprint density at radius 3 is 2.42 bits per heavy atom. The monoisotopic (exact) mass is 448 g/mol. The Balaban J connectivity index is 2.27. The second-order valence-corrected chi connectivity index (χ2v) is 9.85. The molecule has 1 N–H and O–H groups in total. The van der Waals surface area contributed by atoms with Gasteiger partial charge in [-0.3, -0.25) is 4.79 Å². The predicted molar refractivity (Wildman–Crippen MR) is 85.2 cm³/mol. The maximum absolute atomic E-state index is 12.0. The normalized spacial score (nSPS) is 38.6. The van der Waals surface area contributed by atoms with Gasteiger partial charge in [0.25, 0.3) is 0 Å². The molecule has 5 heteroatoms. The molecule has 2 aliphatic carbocycles. The summed E-state index contributed by atoms with van der Waals surface area (Å²) in [6.45, 7) is 0. The van der Waals surface area contributed by atoms with Gasteiger partial charge >= 0.3 is 5.97 Å². The molecule has 0 spiro atoms. The number of halogens is 3. The number of hydrogen-bond donors (Lipinski definition) is 1. The first kappa shape index (κ1) is 13.8. The number of benzene rings is 1. The highest BCUT2D eigenvalue weighted by Crippen LogP contribution is 2.70. The topological polar surface area (TPSA) is 37.3 Å². The van der Waals surface area contributed by atoms with E-state index in [4.69, 9.17) is 0 Å². The standard InChI is InChI=1S/C14H11Br3O2/c15-13(11(18)19)12(9-4-2-1-3-5-9)7-6-10(8-12)14(13,16)17/h1-7,10H,8H2,(H,18,19). The minimum atomic E-state index is -1.12. The Morgan fingerprint density at radius 2 is 1.84 bits per heavy atom. The summed E-state index contributed by atoms with van der Waals surface area (Å²) in [6.07, 6.45) is 4.90. The molecule has 1 saturated carbocycles. The minimum absolute atomic E-state index is 0.128. The van der Waals surface area contributed by atoms with Gasteiger partial charge in [0.1, 0.15) is 3.23 Å². The van der Waals surface area contributed by atoms with Crippen LogP contribution in [0.25, 0.3) is 0 Å². The smallest absolute Gasteiger partial charge is 0.324 e. The van der Waals surface area contributed by atoms with Crippen LogP contribution in [0.15, 0.2) is 42.5 Å². The number of aliphatic carboxylic acids is 1. The van der Waals surface area contributed by atoms with Gasteiger partial charge in [0.15, 0.2) is 4.32 Å². The maximum Gasteiger partial charge on any atom is 0.324 e. The largest absolute Gasteiger partial charge is 0.480 e. The van der Waals surface area contributed by atoms with Crippen LogP contribution in [-0.4, -0.2) is 18.6 Å². The molecule has 3 unspecified atom stereocenters. The summed E-state index contributed by atoms with van der Waals surface area (Å²) in [6, 6.07) is 9.82. The zero-order valence-electron chi connectivity index (χ0n) is 9.82. The van der Waals surface area contributed by atoms with Crippen molar-refractivity contribution < 1.29 is 9.90 Å². The highest BCUT2D eigenvalue weighted by atomic mass is 79.9. The first-order chi connectivity index (χ1) is 8.86. The van der Waals surface area contributed by atoms with Crippen molar-refractivity contribution in [2.24, 2.45) is 5.92 Å². The van der Waals surface area contributed by atoms with E-state index in [2.05, 4.69) is 53.9 Å². The second-order valence-electron chi connectivity index (χ2n) is 5.09. The highest BCUT2D eigenvalue weighted by Gasteiger charge is 2.74. The number of carbonyl (C=O) groups is 1. The molecule has 3 atom stereocenters. The van der Waals surface area contributed by atoms with E-state index in [0.717, 1.165) is 12.0 Å². The lowest BCUT2D eigenvalue weighted by Gasteiger charge is -2.43. The molecule has 0 saturated heterocycles. The fourth-order valence-corrected chi connectivity index (χ4v) is 5.80. The second kappa shape index (κ2) is 4.18. The van der Waals surface area contributed by atoms with Gasteiger partial charge in [-0.15, -0.1) is 0 Å². The number of allylic oxidation sites excluding steroid dienone is 2. The lowest BCUT2D eigenvalue weighted by Crippen LogP contribution is -2.57. The van der Waals surface area contributed by atoms with Crippen LogP contribution in [-0.2, 0) is 10.2 Å². The van der Waals surface area contributed by atoms with Crippen LogP contribution < -0.4 is 0 Å². The number of carboxylic acid groups (broad SMARTS) is 1. The Labute approximate surface area is 136 Å². The van der Waals surface area contributed by atoms with Gasteiger partial charge in [-0.1, -0.05) is 90.3 Å². The molecule has 0 radical (unpaired) electrons. The summed E-state index contributed by atoms with van der Waals surface area (Å²) >= 11 is 10.7. The van der Waals surface area contributed by atoms with E-state index in [1.807, 2.05) is 36.4 Å². The van der Waals surface area contributed by atoms with Gasteiger partial charge in [0.05, 0.1) is 0 Å². The first-order valence-corrected chi connectivity index (χ1v) is 8.29. The van der Waals surface area contributed by atoms with Crippen molar-refractivity contribution in [1.82, 2.24) is 0 Å². The highest BCUT2D eigenvalue weighted by molar-refractivity contribution is 9.26. The van der Waals surface area contributed by atoms with Crippen LogP contribution >= 0.6 is 47.8 Å². The van der Waals surface area contributed by atoms with Crippen LogP contribution in [0.3, 0.4) is 0 Å². The summed E-state index contributed by atoms with van der Waals surface area (Å²) in [5, 5.41) is 9.82. The van der Waals surface area contributed by atoms with Crippen molar-refractivity contribution in [3.8, 4) is 0 Å². The summed E-state index contributed by atoms with van der Waals surface area (Å²) < 4.78 is -1.81. The molecule has 0 aromatic heterocycles. The van der Waals surface area contributed by atoms with E-state index in [0.29, 0.717) is 0 Å². The first-order valence-electron chi connectivity index (χ1n) is 5.91. The summed E-state index contributed by atoms with van der Waals surface area (Å²) in [7, 11) is 0. The molecule has 2 nitrogen and oxygen atoms in total. The predicted octanol–water partition coefficient (Wildman–Crippen LogP) is 4.22. The molecule has 19 heavy (non-hydrogen) atoms. The summed E-state index contributed by atoms with van der Waals surface area (Å²) in [5.74, 6) is -0.736. The van der Waals surface area contributed by atoms with E-state index >= 15 is 0 Å². The summed E-state index contributed by atoms with van der Waals surface area (Å²) in [5.41, 5.74) is 0.478. The molecule has 0 heterocycles. The van der Waals surface area contributed by atoms with Crippen LogP contribution in [0, 0.1) is 5.92 Å². The Hall–Kier alpha value is -0.130. The lowest BCUT2D eigenvalue weighted by molar-refractivity contribution is -0.140. The average molecular weight is 451 g/mol. The van der Waals surface area contributed by atoms with Crippen LogP contribution in [0.1, 0.15) is 12.0 Å². The van der Waals surface area contributed by atoms with E-state index in [1.54, 1.807) is 0 Å². The fourth-order valence-electron chi connectivity index (χ4n) is 3.30. The third kappa shape index (κ3) is 1.49. The molecular formula is C14H11Br3O2. The van der Waals surface area contributed by atoms with E-state index in [1.165, 1.54) is 0 Å². The van der Waals surface area contributed by atoms with Crippen LogP contribution in [0.5, 0.6) is 0 Å². The van der Waals surface area contributed by atoms with Crippen LogP contribution in [0.4, 0.5) is 0 Å². The average Bonchev–Trinajstić information content (AvgIpc) is 2.90. The van der Waals surface area contributed by atoms with E-state index in [-0.39, 0.29) is 5.92 Å². The van der Waals surface area contributed by atoms with Crippen molar-refractivity contribution in [2.75, 3.05) is 0 Å². The van der Waals surface area contributed by atoms with Crippen molar-refractivity contribution in [3.63, 3.8) is 0 Å². The SMILES string of the molecule is O=C(O)C1(Br)C2(c3ccccc3)C=CC(C2)C1(Br)Br. The molecule has 3 rings (SSSR count). The number of rotatable bonds is 2. The molecule has 2 bridgehead atoms. The fraction of sp³-hybridized carbons (Fsp3) is 0.357. The quantitative estimate of drug-likeness (QED) is 0.541. The molecule has 1 fully saturated rings. The molecule has 2 aliphatic rings. The molecule has 0 amide bonds. The Bertz CT molecular complexity index is 569. The Morgan fingerprint density at radius 1 is 1.21 bits per heavy atom. The van der Waals surface area contributed by atoms with Gasteiger partial charge in [-0.2, -0.15) is 0 Å². The van der Waals surface area contributed by atoms with Crippen LogP contribution in [0.2, 0.25) is 0 Å². The van der Waals surface area contributed by atoms with Gasteiger partial charge in [-0.25, -0.2) is 0 Å². The lowest BCUT2D eigenvalue weighted by atomic mass is 9.72. The number of alkyl halides is 3. The van der Waals surface area contributed by atoms with Gasteiger partial charge in [0, 0.05) is 11.3 Å². The third-order valence-electron chi connectivity index (χ3n) is 4.28. The number of fused-ring (bicyclic) bond motifs is 2. The number of carboxylic acids is 1. The third-order valence-corrected chi connectivity index (χ3v) is 9.38. The van der Waals surface area contributed by atoms with Crippen molar-refractivity contribution in [3.05, 3.63) is 48.0 Å². The van der Waals surface area contributed by atoms with Gasteiger partial charge in [0.2, 0.25) is 0 Å². The summed E-state index contributed by atoms with van der Waals surface area (Å²) in [4.78, 5) is 12.0. The Kier molecular flexibility index (Phi) is 3.05. The van der Waals surface area contributed by atoms with Gasteiger partial charge < -0.3 is 5.11 Å². The van der Waals surface area contributed by atoms with E-state index < -0.39 is 18.9 Å². The van der Waals surface area contributed by atoms with Crippen molar-refractivity contribution in [2.45, 2.75) is 19.4 Å². The molecule has 0 aliphatic heterocycles. The maximum atomic E-state index is 12.0.